The van der Waals surface area contributed by atoms with Crippen LogP contribution < -0.4 is 0 Å². The van der Waals surface area contributed by atoms with Crippen LogP contribution >= 0.6 is 23.4 Å². The van der Waals surface area contributed by atoms with Gasteiger partial charge in [0.25, 0.3) is 5.91 Å². The highest BCUT2D eigenvalue weighted by Gasteiger charge is 2.32. The predicted octanol–water partition coefficient (Wildman–Crippen LogP) is 5.58. The Morgan fingerprint density at radius 1 is 1.12 bits per heavy atom. The second kappa shape index (κ2) is 7.46. The molecule has 0 atom stereocenters. The molecule has 0 aliphatic carbocycles. The number of hydrogen-bond acceptors (Lipinski definition) is 3. The first kappa shape index (κ1) is 17.8. The number of benzene rings is 2. The van der Waals surface area contributed by atoms with E-state index in [1.54, 1.807) is 4.90 Å². The molecule has 5 heteroatoms. The van der Waals surface area contributed by atoms with Gasteiger partial charge in [-0.2, -0.15) is 0 Å². The molecule has 1 heterocycles. The quantitative estimate of drug-likeness (QED) is 0.660. The van der Waals surface area contributed by atoms with Crippen molar-refractivity contribution in [2.45, 2.75) is 20.8 Å². The summed E-state index contributed by atoms with van der Waals surface area (Å²) in [4.78, 5) is 19.9. The first-order valence-corrected chi connectivity index (χ1v) is 9.31. The molecule has 1 saturated heterocycles. The Balaban J connectivity index is 2.01. The largest absolute Gasteiger partial charge is 0.287 e. The van der Waals surface area contributed by atoms with Gasteiger partial charge in [0.1, 0.15) is 0 Å². The summed E-state index contributed by atoms with van der Waals surface area (Å²) in [5, 5.41) is 1.34. The van der Waals surface area contributed by atoms with Crippen molar-refractivity contribution in [1.29, 1.82) is 0 Å². The Bertz CT molecular complexity index is 869. The van der Waals surface area contributed by atoms with Gasteiger partial charge in [-0.3, -0.25) is 9.69 Å². The van der Waals surface area contributed by atoms with E-state index in [4.69, 9.17) is 16.6 Å². The van der Waals surface area contributed by atoms with Crippen LogP contribution in [0.1, 0.15) is 23.6 Å². The van der Waals surface area contributed by atoms with Gasteiger partial charge in [0.05, 0.1) is 10.6 Å². The van der Waals surface area contributed by atoms with Gasteiger partial charge >= 0.3 is 0 Å². The monoisotopic (exact) mass is 370 g/mol. The Hall–Kier alpha value is -2.04. The number of halogens is 1. The van der Waals surface area contributed by atoms with E-state index in [1.165, 1.54) is 11.8 Å². The number of thioether (sulfide) groups is 1. The van der Waals surface area contributed by atoms with Crippen LogP contribution in [0.3, 0.4) is 0 Å². The number of amidine groups is 1. The number of rotatable bonds is 3. The minimum Gasteiger partial charge on any atom is -0.287 e. The average Bonchev–Trinajstić information content (AvgIpc) is 2.88. The maximum absolute atomic E-state index is 12.7. The first-order valence-electron chi connectivity index (χ1n) is 8.12. The maximum atomic E-state index is 12.7. The van der Waals surface area contributed by atoms with Gasteiger partial charge < -0.3 is 0 Å². The molecule has 1 amide bonds. The van der Waals surface area contributed by atoms with Crippen molar-refractivity contribution in [1.82, 2.24) is 4.90 Å². The van der Waals surface area contributed by atoms with Gasteiger partial charge in [-0.15, -0.1) is 0 Å². The lowest BCUT2D eigenvalue weighted by Crippen LogP contribution is -2.28. The summed E-state index contributed by atoms with van der Waals surface area (Å²) >= 11 is 7.62. The number of nitrogens with zero attached hydrogens (tertiary/aromatic N) is 2. The minimum atomic E-state index is -0.0302. The summed E-state index contributed by atoms with van der Waals surface area (Å²) in [6.45, 7) is 6.60. The number of hydrogen-bond donors (Lipinski definition) is 0. The van der Waals surface area contributed by atoms with E-state index >= 15 is 0 Å². The summed E-state index contributed by atoms with van der Waals surface area (Å²) < 4.78 is 0. The number of aryl methyl sites for hydroxylation is 2. The SMILES string of the molecule is CCN1C(=O)/C(=C\c2ccccc2Cl)SC1=Nc1c(C)cccc1C. The molecule has 3 rings (SSSR count). The Kier molecular flexibility index (Phi) is 5.30. The number of aliphatic imine (C=N–C) groups is 1. The molecule has 0 unspecified atom stereocenters. The Labute approximate surface area is 157 Å². The van der Waals surface area contributed by atoms with Gasteiger partial charge in [0.15, 0.2) is 5.17 Å². The molecular formula is C20H19ClN2OS. The molecule has 2 aromatic carbocycles. The van der Waals surface area contributed by atoms with Crippen molar-refractivity contribution < 1.29 is 4.79 Å². The van der Waals surface area contributed by atoms with Crippen LogP contribution in [-0.4, -0.2) is 22.5 Å². The van der Waals surface area contributed by atoms with Gasteiger partial charge in [-0.1, -0.05) is 48.0 Å². The molecule has 1 aliphatic rings. The van der Waals surface area contributed by atoms with Crippen molar-refractivity contribution in [2.75, 3.05) is 6.54 Å². The number of carbonyl (C=O) groups excluding carboxylic acids is 1. The summed E-state index contributed by atoms with van der Waals surface area (Å²) in [5.41, 5.74) is 3.96. The van der Waals surface area contributed by atoms with E-state index in [0.717, 1.165) is 22.4 Å². The fourth-order valence-electron chi connectivity index (χ4n) is 2.68. The van der Waals surface area contributed by atoms with E-state index < -0.39 is 0 Å². The van der Waals surface area contributed by atoms with E-state index in [1.807, 2.05) is 69.3 Å². The molecule has 25 heavy (non-hydrogen) atoms. The van der Waals surface area contributed by atoms with Crippen LogP contribution in [0.4, 0.5) is 5.69 Å². The van der Waals surface area contributed by atoms with Gasteiger partial charge in [-0.25, -0.2) is 4.99 Å². The third-order valence-electron chi connectivity index (χ3n) is 4.04. The van der Waals surface area contributed by atoms with Crippen LogP contribution in [0.25, 0.3) is 6.08 Å². The van der Waals surface area contributed by atoms with Crippen molar-refractivity contribution in [3.8, 4) is 0 Å². The van der Waals surface area contributed by atoms with Crippen molar-refractivity contribution in [3.05, 3.63) is 69.1 Å². The first-order chi connectivity index (χ1) is 12.0. The van der Waals surface area contributed by atoms with Crippen molar-refractivity contribution in [2.24, 2.45) is 4.99 Å². The van der Waals surface area contributed by atoms with Crippen LogP contribution in [0, 0.1) is 13.8 Å². The lowest BCUT2D eigenvalue weighted by atomic mass is 10.1. The van der Waals surface area contributed by atoms with E-state index in [-0.39, 0.29) is 5.91 Å². The molecule has 0 bridgehead atoms. The summed E-state index contributed by atoms with van der Waals surface area (Å²) in [5.74, 6) is -0.0302. The standard InChI is InChI=1S/C20H19ClN2OS/c1-4-23-19(24)17(12-15-10-5-6-11-16(15)21)25-20(23)22-18-13(2)8-7-9-14(18)3/h5-12H,4H2,1-3H3/b17-12+,22-20?. The molecule has 0 spiro atoms. The highest BCUT2D eigenvalue weighted by atomic mass is 35.5. The number of likely N-dealkylation sites (N-methyl/N-ethyl adjacent to an activating group) is 1. The second-order valence-corrected chi connectivity index (χ2v) is 7.23. The Morgan fingerprint density at radius 3 is 2.44 bits per heavy atom. The normalized spacial score (nSPS) is 17.8. The molecule has 0 radical (unpaired) electrons. The molecular weight excluding hydrogens is 352 g/mol. The molecule has 128 valence electrons. The van der Waals surface area contributed by atoms with E-state index in [0.29, 0.717) is 21.6 Å². The smallest absolute Gasteiger partial charge is 0.266 e. The van der Waals surface area contributed by atoms with Crippen LogP contribution in [0.2, 0.25) is 5.02 Å². The second-order valence-electron chi connectivity index (χ2n) is 5.82. The summed E-state index contributed by atoms with van der Waals surface area (Å²) in [6, 6.07) is 13.6. The zero-order chi connectivity index (χ0) is 18.0. The number of carbonyl (C=O) groups is 1. The van der Waals surface area contributed by atoms with Gasteiger partial charge in [0, 0.05) is 11.6 Å². The average molecular weight is 371 g/mol. The highest BCUT2D eigenvalue weighted by Crippen LogP contribution is 2.36. The summed E-state index contributed by atoms with van der Waals surface area (Å²) in [7, 11) is 0. The predicted molar refractivity (Wildman–Crippen MR) is 107 cm³/mol. The van der Waals surface area contributed by atoms with Crippen molar-refractivity contribution in [3.63, 3.8) is 0 Å². The molecule has 1 fully saturated rings. The molecule has 3 nitrogen and oxygen atoms in total. The third-order valence-corrected chi connectivity index (χ3v) is 5.39. The lowest BCUT2D eigenvalue weighted by molar-refractivity contribution is -0.122. The third kappa shape index (κ3) is 3.65. The van der Waals surface area contributed by atoms with Crippen LogP contribution in [0.5, 0.6) is 0 Å². The minimum absolute atomic E-state index is 0.0302. The lowest BCUT2D eigenvalue weighted by Gasteiger charge is -2.13. The zero-order valence-corrected chi connectivity index (χ0v) is 16.0. The fourth-order valence-corrected chi connectivity index (χ4v) is 3.91. The maximum Gasteiger partial charge on any atom is 0.266 e. The Morgan fingerprint density at radius 2 is 1.80 bits per heavy atom. The van der Waals surface area contributed by atoms with Gasteiger partial charge in [-0.05, 0) is 61.4 Å². The number of amides is 1. The molecule has 0 aromatic heterocycles. The van der Waals surface area contributed by atoms with Gasteiger partial charge in [0.2, 0.25) is 0 Å². The molecule has 0 N–H and O–H groups in total. The zero-order valence-electron chi connectivity index (χ0n) is 14.4. The topological polar surface area (TPSA) is 32.7 Å². The molecule has 2 aromatic rings. The highest BCUT2D eigenvalue weighted by molar-refractivity contribution is 8.18. The number of para-hydroxylation sites is 1. The van der Waals surface area contributed by atoms with E-state index in [2.05, 4.69) is 0 Å². The van der Waals surface area contributed by atoms with Crippen LogP contribution in [-0.2, 0) is 4.79 Å². The van der Waals surface area contributed by atoms with Crippen LogP contribution in [0.15, 0.2) is 52.4 Å². The summed E-state index contributed by atoms with van der Waals surface area (Å²) in [6.07, 6.45) is 1.84. The molecule has 0 saturated carbocycles. The fraction of sp³-hybridized carbons (Fsp3) is 0.200. The van der Waals surface area contributed by atoms with Crippen molar-refractivity contribution >= 4 is 46.2 Å². The molecule has 1 aliphatic heterocycles. The van der Waals surface area contributed by atoms with E-state index in [9.17, 15) is 4.79 Å².